The molecule has 118 valence electrons. The van der Waals surface area contributed by atoms with Gasteiger partial charge in [0.1, 0.15) is 6.10 Å². The first-order valence-electron chi connectivity index (χ1n) is 8.46. The van der Waals surface area contributed by atoms with Crippen LogP contribution in [0.4, 0.5) is 0 Å². The molecule has 3 aliphatic rings. The smallest absolute Gasteiger partial charge is 0.105 e. The highest BCUT2D eigenvalue weighted by Gasteiger charge is 2.51. The third-order valence-corrected chi connectivity index (χ3v) is 5.69. The minimum absolute atomic E-state index is 0.0450. The highest BCUT2D eigenvalue weighted by molar-refractivity contribution is 5.96. The largest absolute Gasteiger partial charge is 0.374 e. The summed E-state index contributed by atoms with van der Waals surface area (Å²) in [7, 11) is 1.82. The van der Waals surface area contributed by atoms with E-state index in [1.54, 1.807) is 0 Å². The van der Waals surface area contributed by atoms with Crippen LogP contribution in [0.1, 0.15) is 24.9 Å². The van der Waals surface area contributed by atoms with Crippen molar-refractivity contribution in [1.82, 2.24) is 4.57 Å². The predicted octanol–water partition coefficient (Wildman–Crippen LogP) is 3.96. The maximum atomic E-state index is 6.04. The lowest BCUT2D eigenvalue weighted by atomic mass is 9.69. The summed E-state index contributed by atoms with van der Waals surface area (Å²) in [4.78, 5) is 0. The molecule has 3 heteroatoms. The van der Waals surface area contributed by atoms with Crippen LogP contribution in [0.15, 0.2) is 48.2 Å². The van der Waals surface area contributed by atoms with Crippen molar-refractivity contribution in [2.45, 2.75) is 31.6 Å². The Morgan fingerprint density at radius 2 is 2.22 bits per heavy atom. The second kappa shape index (κ2) is 4.83. The monoisotopic (exact) mass is 307 g/mol. The molecule has 0 radical (unpaired) electrons. The molecule has 3 heterocycles. The van der Waals surface area contributed by atoms with Gasteiger partial charge in [-0.05, 0) is 30.6 Å². The van der Waals surface area contributed by atoms with Crippen molar-refractivity contribution in [3.8, 4) is 0 Å². The van der Waals surface area contributed by atoms with Crippen LogP contribution in [0.25, 0.3) is 16.5 Å². The van der Waals surface area contributed by atoms with Crippen LogP contribution in [-0.2, 0) is 9.47 Å². The fourth-order valence-electron chi connectivity index (χ4n) is 4.81. The highest BCUT2D eigenvalue weighted by Crippen LogP contribution is 2.55. The van der Waals surface area contributed by atoms with E-state index in [0.717, 1.165) is 13.0 Å². The molecule has 1 aromatic heterocycles. The number of ether oxygens (including phenoxy) is 2. The van der Waals surface area contributed by atoms with E-state index in [4.69, 9.17) is 9.47 Å². The standard InChI is InChI=1S/C20H21NO2/c1-3-5-15-20(22-2)17-16(14-9-11-23-19(14)17)13-7-4-6-12-8-10-21(15)18(12)13/h3-8,10,14-15,19-20H,9,11H2,1-2H3/b5-3+/t14-,15+,19-,20+/m1/s1. The van der Waals surface area contributed by atoms with Gasteiger partial charge in [0.05, 0.1) is 17.7 Å². The van der Waals surface area contributed by atoms with E-state index < -0.39 is 0 Å². The van der Waals surface area contributed by atoms with Gasteiger partial charge < -0.3 is 14.0 Å². The Morgan fingerprint density at radius 1 is 1.30 bits per heavy atom. The van der Waals surface area contributed by atoms with Crippen LogP contribution in [-0.4, -0.2) is 30.5 Å². The summed E-state index contributed by atoms with van der Waals surface area (Å²) in [5.74, 6) is 0.543. The van der Waals surface area contributed by atoms with Crippen molar-refractivity contribution in [1.29, 1.82) is 0 Å². The van der Waals surface area contributed by atoms with Crippen LogP contribution in [0.2, 0.25) is 0 Å². The van der Waals surface area contributed by atoms with Crippen molar-refractivity contribution < 1.29 is 9.47 Å². The van der Waals surface area contributed by atoms with E-state index in [-0.39, 0.29) is 18.2 Å². The third kappa shape index (κ3) is 1.62. The Labute approximate surface area is 136 Å². The molecule has 0 saturated carbocycles. The van der Waals surface area contributed by atoms with Crippen LogP contribution >= 0.6 is 0 Å². The van der Waals surface area contributed by atoms with E-state index in [1.807, 2.05) is 7.11 Å². The molecule has 1 aromatic carbocycles. The number of methoxy groups -OCH3 is 1. The molecule has 1 fully saturated rings. The van der Waals surface area contributed by atoms with Crippen LogP contribution in [0.3, 0.4) is 0 Å². The van der Waals surface area contributed by atoms with Gasteiger partial charge in [-0.2, -0.15) is 0 Å². The normalized spacial score (nSPS) is 32.1. The van der Waals surface area contributed by atoms with E-state index in [0.29, 0.717) is 5.92 Å². The second-order valence-corrected chi connectivity index (χ2v) is 6.69. The molecule has 0 bridgehead atoms. The first-order valence-corrected chi connectivity index (χ1v) is 8.46. The maximum Gasteiger partial charge on any atom is 0.105 e. The molecule has 4 atom stereocenters. The van der Waals surface area contributed by atoms with Gasteiger partial charge in [-0.25, -0.2) is 0 Å². The van der Waals surface area contributed by atoms with E-state index >= 15 is 0 Å². The van der Waals surface area contributed by atoms with Crippen molar-refractivity contribution in [2.75, 3.05) is 13.7 Å². The predicted molar refractivity (Wildman–Crippen MR) is 91.4 cm³/mol. The summed E-state index contributed by atoms with van der Waals surface area (Å²) < 4.78 is 14.4. The summed E-state index contributed by atoms with van der Waals surface area (Å²) in [6.45, 7) is 2.94. The summed E-state index contributed by atoms with van der Waals surface area (Å²) >= 11 is 0. The molecule has 1 saturated heterocycles. The van der Waals surface area contributed by atoms with Gasteiger partial charge in [0.15, 0.2) is 0 Å². The molecular weight excluding hydrogens is 286 g/mol. The zero-order chi connectivity index (χ0) is 15.6. The lowest BCUT2D eigenvalue weighted by Crippen LogP contribution is -2.40. The summed E-state index contributed by atoms with van der Waals surface area (Å²) in [5.41, 5.74) is 5.57. The van der Waals surface area contributed by atoms with Crippen molar-refractivity contribution in [2.24, 2.45) is 5.92 Å². The van der Waals surface area contributed by atoms with Crippen LogP contribution in [0.5, 0.6) is 0 Å². The van der Waals surface area contributed by atoms with Crippen molar-refractivity contribution in [3.63, 3.8) is 0 Å². The minimum Gasteiger partial charge on any atom is -0.374 e. The maximum absolute atomic E-state index is 6.04. The molecule has 3 nitrogen and oxygen atoms in total. The summed E-state index contributed by atoms with van der Waals surface area (Å²) in [6.07, 6.45) is 8.01. The number of allylic oxidation sites excluding steroid dienone is 1. The number of nitrogens with zero attached hydrogens (tertiary/aromatic N) is 1. The van der Waals surface area contributed by atoms with Crippen LogP contribution in [0, 0.1) is 5.92 Å². The van der Waals surface area contributed by atoms with Gasteiger partial charge in [0, 0.05) is 36.8 Å². The summed E-state index contributed by atoms with van der Waals surface area (Å²) in [5, 5.41) is 1.31. The third-order valence-electron chi connectivity index (χ3n) is 5.69. The molecule has 2 aliphatic heterocycles. The van der Waals surface area contributed by atoms with Gasteiger partial charge in [0.2, 0.25) is 0 Å². The number of para-hydroxylation sites is 1. The number of benzene rings is 1. The van der Waals surface area contributed by atoms with Gasteiger partial charge >= 0.3 is 0 Å². The average Bonchev–Trinajstić information content (AvgIpc) is 3.13. The Morgan fingerprint density at radius 3 is 3.04 bits per heavy atom. The molecule has 1 aliphatic carbocycles. The van der Waals surface area contributed by atoms with Crippen molar-refractivity contribution >= 4 is 16.5 Å². The first kappa shape index (κ1) is 13.6. The Hall–Kier alpha value is -1.84. The zero-order valence-electron chi connectivity index (χ0n) is 13.5. The van der Waals surface area contributed by atoms with Crippen molar-refractivity contribution in [3.05, 3.63) is 53.8 Å². The Balaban J connectivity index is 1.85. The average molecular weight is 307 g/mol. The fourth-order valence-corrected chi connectivity index (χ4v) is 4.81. The minimum atomic E-state index is 0.0450. The lowest BCUT2D eigenvalue weighted by Gasteiger charge is -2.40. The number of hydrogen-bond acceptors (Lipinski definition) is 2. The topological polar surface area (TPSA) is 23.4 Å². The molecule has 0 spiro atoms. The van der Waals surface area contributed by atoms with Gasteiger partial charge in [-0.1, -0.05) is 30.4 Å². The second-order valence-electron chi connectivity index (χ2n) is 6.69. The number of hydrogen-bond donors (Lipinski definition) is 0. The number of aromatic nitrogens is 1. The molecule has 2 aromatic rings. The van der Waals surface area contributed by atoms with Gasteiger partial charge in [-0.15, -0.1) is 0 Å². The molecule has 5 rings (SSSR count). The molecular formula is C20H21NO2. The lowest BCUT2D eigenvalue weighted by molar-refractivity contribution is 0.0484. The molecule has 0 unspecified atom stereocenters. The number of rotatable bonds is 2. The Kier molecular flexibility index (Phi) is 2.85. The van der Waals surface area contributed by atoms with E-state index in [9.17, 15) is 0 Å². The summed E-state index contributed by atoms with van der Waals surface area (Å²) in [6, 6.07) is 9.05. The zero-order valence-corrected chi connectivity index (χ0v) is 13.5. The first-order chi connectivity index (χ1) is 11.3. The Bertz CT molecular complexity index is 844. The molecule has 0 amide bonds. The molecule has 0 N–H and O–H groups in total. The van der Waals surface area contributed by atoms with E-state index in [2.05, 4.69) is 54.1 Å². The van der Waals surface area contributed by atoms with Gasteiger partial charge in [0.25, 0.3) is 0 Å². The fraction of sp³-hybridized carbons (Fsp3) is 0.400. The highest BCUT2D eigenvalue weighted by atomic mass is 16.5. The molecule has 23 heavy (non-hydrogen) atoms. The SMILES string of the molecule is C/C=C/[C@H]1[C@H](OC)C2=C(c3cccc4ccn1c34)[C@H]1CCO[C@@H]21. The number of fused-ring (bicyclic) bond motifs is 4. The van der Waals surface area contributed by atoms with Gasteiger partial charge in [-0.3, -0.25) is 0 Å². The quantitative estimate of drug-likeness (QED) is 0.784. The van der Waals surface area contributed by atoms with E-state index in [1.165, 1.54) is 27.6 Å². The van der Waals surface area contributed by atoms with Crippen LogP contribution < -0.4 is 0 Å².